The molecule has 7 heteroatoms. The number of nitrogens with one attached hydrogen (secondary N) is 1. The molecule has 0 aliphatic heterocycles. The van der Waals surface area contributed by atoms with Crippen LogP contribution >= 0.6 is 11.6 Å². The average Bonchev–Trinajstić information content (AvgIpc) is 3.28. The van der Waals surface area contributed by atoms with Gasteiger partial charge in [0.1, 0.15) is 6.54 Å². The summed E-state index contributed by atoms with van der Waals surface area (Å²) < 4.78 is 1.86. The van der Waals surface area contributed by atoms with Crippen LogP contribution in [-0.4, -0.2) is 38.9 Å². The Balaban J connectivity index is 1.64. The van der Waals surface area contributed by atoms with Crippen molar-refractivity contribution in [3.8, 4) is 16.9 Å². The molecular weight excluding hydrogens is 472 g/mol. The lowest BCUT2D eigenvalue weighted by Crippen LogP contribution is -2.42. The number of hydrogen-bond acceptors (Lipinski definition) is 3. The van der Waals surface area contributed by atoms with Crippen LogP contribution in [0.4, 0.5) is 5.95 Å². The van der Waals surface area contributed by atoms with Crippen molar-refractivity contribution >= 4 is 29.4 Å². The first kappa shape index (κ1) is 25.2. The van der Waals surface area contributed by atoms with Gasteiger partial charge in [0.2, 0.25) is 11.9 Å². The number of aryl methyl sites for hydroxylation is 2. The summed E-state index contributed by atoms with van der Waals surface area (Å²) in [5.74, 6) is -0.261. The largest absolute Gasteiger partial charge is 0.327 e. The predicted octanol–water partition coefficient (Wildman–Crippen LogP) is 6.30. The number of anilines is 1. The fraction of sp³-hybridized carbons (Fsp3) is 0.207. The van der Waals surface area contributed by atoms with E-state index in [0.29, 0.717) is 16.5 Å². The highest BCUT2D eigenvalue weighted by molar-refractivity contribution is 6.33. The second kappa shape index (κ2) is 10.8. The third-order valence-electron chi connectivity index (χ3n) is 6.10. The van der Waals surface area contributed by atoms with E-state index in [0.717, 1.165) is 22.5 Å². The van der Waals surface area contributed by atoms with Crippen molar-refractivity contribution in [3.63, 3.8) is 0 Å². The van der Waals surface area contributed by atoms with Crippen LogP contribution in [0.3, 0.4) is 0 Å². The van der Waals surface area contributed by atoms with E-state index in [9.17, 15) is 9.59 Å². The molecule has 0 bridgehead atoms. The summed E-state index contributed by atoms with van der Waals surface area (Å²) in [5.41, 5.74) is 5.24. The molecule has 36 heavy (non-hydrogen) atoms. The minimum Gasteiger partial charge on any atom is -0.327 e. The van der Waals surface area contributed by atoms with Gasteiger partial charge in [-0.15, -0.1) is 0 Å². The van der Waals surface area contributed by atoms with Gasteiger partial charge in [0.05, 0.1) is 16.3 Å². The minimum absolute atomic E-state index is 0.137. The van der Waals surface area contributed by atoms with E-state index >= 15 is 0 Å². The van der Waals surface area contributed by atoms with E-state index in [4.69, 9.17) is 16.6 Å². The number of rotatable bonds is 7. The summed E-state index contributed by atoms with van der Waals surface area (Å²) in [6.45, 7) is 7.70. The van der Waals surface area contributed by atoms with E-state index in [1.165, 1.54) is 10.5 Å². The molecule has 2 amide bonds. The van der Waals surface area contributed by atoms with Gasteiger partial charge in [0.25, 0.3) is 5.91 Å². The Morgan fingerprint density at radius 2 is 1.67 bits per heavy atom. The number of nitrogens with zero attached hydrogens (tertiary/aromatic N) is 3. The molecule has 0 atom stereocenters. The number of halogens is 1. The van der Waals surface area contributed by atoms with Crippen LogP contribution in [0.15, 0.2) is 79.0 Å². The topological polar surface area (TPSA) is 67.2 Å². The summed E-state index contributed by atoms with van der Waals surface area (Å²) in [7, 11) is 0. The Labute approximate surface area is 216 Å². The van der Waals surface area contributed by atoms with Gasteiger partial charge in [0, 0.05) is 23.5 Å². The minimum atomic E-state index is -0.348. The van der Waals surface area contributed by atoms with Crippen LogP contribution < -0.4 is 5.32 Å². The van der Waals surface area contributed by atoms with Crippen molar-refractivity contribution in [2.45, 2.75) is 33.7 Å². The molecule has 0 fully saturated rings. The van der Waals surface area contributed by atoms with E-state index in [1.54, 1.807) is 24.3 Å². The van der Waals surface area contributed by atoms with Crippen molar-refractivity contribution in [1.29, 1.82) is 0 Å². The van der Waals surface area contributed by atoms with Crippen molar-refractivity contribution in [3.05, 3.63) is 101 Å². The molecular formula is C29H29ClN4O2. The van der Waals surface area contributed by atoms with E-state index in [2.05, 4.69) is 18.3 Å². The monoisotopic (exact) mass is 500 g/mol. The Bertz CT molecular complexity index is 1400. The van der Waals surface area contributed by atoms with Gasteiger partial charge in [-0.25, -0.2) is 4.98 Å². The third kappa shape index (κ3) is 5.50. The number of amides is 2. The maximum absolute atomic E-state index is 13.2. The summed E-state index contributed by atoms with van der Waals surface area (Å²) in [4.78, 5) is 32.6. The molecule has 0 radical (unpaired) electrons. The van der Waals surface area contributed by atoms with Crippen LogP contribution in [-0.2, 0) is 4.79 Å². The van der Waals surface area contributed by atoms with Crippen molar-refractivity contribution in [2.24, 2.45) is 0 Å². The van der Waals surface area contributed by atoms with Gasteiger partial charge in [-0.2, -0.15) is 0 Å². The zero-order valence-corrected chi connectivity index (χ0v) is 21.6. The second-order valence-corrected chi connectivity index (χ2v) is 9.42. The molecule has 0 saturated carbocycles. The number of hydrogen-bond donors (Lipinski definition) is 1. The van der Waals surface area contributed by atoms with Crippen LogP contribution in [0.5, 0.6) is 0 Å². The summed E-state index contributed by atoms with van der Waals surface area (Å²) in [6, 6.07) is 22.5. The molecule has 0 spiro atoms. The molecule has 184 valence electrons. The molecule has 0 aliphatic carbocycles. The average molecular weight is 501 g/mol. The molecule has 1 heterocycles. The Morgan fingerprint density at radius 1 is 0.972 bits per heavy atom. The summed E-state index contributed by atoms with van der Waals surface area (Å²) in [5, 5.41) is 3.28. The van der Waals surface area contributed by atoms with Gasteiger partial charge in [-0.05, 0) is 63.1 Å². The van der Waals surface area contributed by atoms with Crippen LogP contribution in [0.2, 0.25) is 5.02 Å². The second-order valence-electron chi connectivity index (χ2n) is 9.01. The SMILES string of the molecule is Cc1ccc(-n2cc(-c3ccccc3)nc2NC(=O)CN(C(=O)c2ccccc2Cl)C(C)C)cc1C. The quantitative estimate of drug-likeness (QED) is 0.324. The lowest BCUT2D eigenvalue weighted by atomic mass is 10.1. The number of carbonyl (C=O) groups excluding carboxylic acids is 2. The number of benzene rings is 3. The lowest BCUT2D eigenvalue weighted by molar-refractivity contribution is -0.117. The normalized spacial score (nSPS) is 10.9. The highest BCUT2D eigenvalue weighted by Gasteiger charge is 2.24. The Kier molecular flexibility index (Phi) is 7.55. The molecule has 0 unspecified atom stereocenters. The first-order valence-electron chi connectivity index (χ1n) is 11.8. The smallest absolute Gasteiger partial charge is 0.256 e. The number of imidazole rings is 1. The van der Waals surface area contributed by atoms with Gasteiger partial charge < -0.3 is 4.90 Å². The predicted molar refractivity (Wildman–Crippen MR) is 145 cm³/mol. The van der Waals surface area contributed by atoms with Gasteiger partial charge in [-0.1, -0.05) is 60.1 Å². The molecule has 0 saturated heterocycles. The summed E-state index contributed by atoms with van der Waals surface area (Å²) in [6.07, 6.45) is 1.91. The molecule has 0 aliphatic rings. The fourth-order valence-electron chi connectivity index (χ4n) is 3.89. The third-order valence-corrected chi connectivity index (χ3v) is 6.43. The number of carbonyl (C=O) groups is 2. The van der Waals surface area contributed by atoms with Gasteiger partial charge in [-0.3, -0.25) is 19.5 Å². The maximum atomic E-state index is 13.2. The Hall–Kier alpha value is -3.90. The molecule has 6 nitrogen and oxygen atoms in total. The van der Waals surface area contributed by atoms with Crippen LogP contribution in [0, 0.1) is 13.8 Å². The number of aromatic nitrogens is 2. The summed E-state index contributed by atoms with van der Waals surface area (Å²) >= 11 is 6.25. The molecule has 1 N–H and O–H groups in total. The zero-order chi connectivity index (χ0) is 25.8. The van der Waals surface area contributed by atoms with Crippen LogP contribution in [0.1, 0.15) is 35.3 Å². The van der Waals surface area contributed by atoms with Crippen molar-refractivity contribution in [1.82, 2.24) is 14.5 Å². The molecule has 4 aromatic rings. The first-order chi connectivity index (χ1) is 17.2. The zero-order valence-electron chi connectivity index (χ0n) is 20.8. The highest BCUT2D eigenvalue weighted by Crippen LogP contribution is 2.26. The van der Waals surface area contributed by atoms with Crippen molar-refractivity contribution in [2.75, 3.05) is 11.9 Å². The van der Waals surface area contributed by atoms with Gasteiger partial charge >= 0.3 is 0 Å². The molecule has 3 aromatic carbocycles. The first-order valence-corrected chi connectivity index (χ1v) is 12.2. The fourth-order valence-corrected chi connectivity index (χ4v) is 4.10. The van der Waals surface area contributed by atoms with Gasteiger partial charge in [0.15, 0.2) is 0 Å². The standard InChI is InChI=1S/C29H29ClN4O2/c1-19(2)33(28(36)24-12-8-9-13-25(24)30)18-27(35)32-29-31-26(22-10-6-5-7-11-22)17-34(29)23-15-14-20(3)21(4)16-23/h5-17,19H,18H2,1-4H3,(H,31,32,35). The van der Waals surface area contributed by atoms with E-state index in [-0.39, 0.29) is 24.4 Å². The van der Waals surface area contributed by atoms with E-state index < -0.39 is 0 Å². The van der Waals surface area contributed by atoms with E-state index in [1.807, 2.05) is 74.0 Å². The molecule has 1 aromatic heterocycles. The lowest BCUT2D eigenvalue weighted by Gasteiger charge is -2.26. The van der Waals surface area contributed by atoms with Crippen LogP contribution in [0.25, 0.3) is 16.9 Å². The van der Waals surface area contributed by atoms with Crippen molar-refractivity contribution < 1.29 is 9.59 Å². The maximum Gasteiger partial charge on any atom is 0.256 e. The highest BCUT2D eigenvalue weighted by atomic mass is 35.5. The molecule has 4 rings (SSSR count). The Morgan fingerprint density at radius 3 is 2.33 bits per heavy atom.